The van der Waals surface area contributed by atoms with Gasteiger partial charge in [-0.05, 0) is 48.6 Å². The molecule has 0 saturated heterocycles. The molecule has 5 heteroatoms. The maximum absolute atomic E-state index is 12.1. The van der Waals surface area contributed by atoms with E-state index in [1.165, 1.54) is 37.7 Å². The summed E-state index contributed by atoms with van der Waals surface area (Å²) in [7, 11) is 0. The van der Waals surface area contributed by atoms with E-state index in [1.807, 2.05) is 24.3 Å². The van der Waals surface area contributed by atoms with Crippen molar-refractivity contribution in [1.29, 1.82) is 0 Å². The number of H-pyrrole nitrogens is 1. The van der Waals surface area contributed by atoms with Crippen LogP contribution in [-0.2, 0) is 0 Å². The number of hydrazine groups is 1. The predicted molar refractivity (Wildman–Crippen MR) is 88.0 cm³/mol. The number of nitrogens with one attached hydrogen (secondary N) is 3. The number of aromatic amines is 1. The van der Waals surface area contributed by atoms with Crippen molar-refractivity contribution >= 4 is 11.8 Å². The third-order valence-electron chi connectivity index (χ3n) is 4.38. The zero-order valence-corrected chi connectivity index (χ0v) is 13.0. The van der Waals surface area contributed by atoms with Crippen molar-refractivity contribution in [2.75, 3.05) is 0 Å². The highest BCUT2D eigenvalue weighted by Gasteiger charge is 2.16. The number of rotatable bonds is 3. The Labute approximate surface area is 135 Å². The van der Waals surface area contributed by atoms with Crippen LogP contribution in [0.2, 0.25) is 0 Å². The summed E-state index contributed by atoms with van der Waals surface area (Å²) in [6.45, 7) is 0. The number of carbonyl (C=O) groups is 2. The molecular weight excluding hydrogens is 290 g/mol. The normalized spacial score (nSPS) is 15.1. The standard InChI is InChI=1S/C18H21N3O2/c22-17(20-21-18(23)16-7-4-12-19-16)15-10-8-14(9-11-15)13-5-2-1-3-6-13/h4,7-13,19H,1-3,5-6H2,(H,20,22)(H,21,23). The molecule has 1 fully saturated rings. The van der Waals surface area contributed by atoms with Crippen molar-refractivity contribution < 1.29 is 9.59 Å². The third-order valence-corrected chi connectivity index (χ3v) is 4.38. The Morgan fingerprint density at radius 3 is 2.26 bits per heavy atom. The first kappa shape index (κ1) is 15.3. The average molecular weight is 311 g/mol. The Morgan fingerprint density at radius 1 is 0.913 bits per heavy atom. The molecule has 23 heavy (non-hydrogen) atoms. The van der Waals surface area contributed by atoms with Crippen molar-refractivity contribution in [2.24, 2.45) is 0 Å². The van der Waals surface area contributed by atoms with Crippen LogP contribution >= 0.6 is 0 Å². The summed E-state index contributed by atoms with van der Waals surface area (Å²) in [5, 5.41) is 0. The number of amides is 2. The lowest BCUT2D eigenvalue weighted by molar-refractivity contribution is 0.0844. The van der Waals surface area contributed by atoms with E-state index < -0.39 is 0 Å². The highest BCUT2D eigenvalue weighted by atomic mass is 16.2. The molecule has 3 N–H and O–H groups in total. The zero-order chi connectivity index (χ0) is 16.1. The van der Waals surface area contributed by atoms with E-state index in [1.54, 1.807) is 18.3 Å². The first-order chi connectivity index (χ1) is 11.2. The first-order valence-corrected chi connectivity index (χ1v) is 8.08. The lowest BCUT2D eigenvalue weighted by atomic mass is 9.84. The van der Waals surface area contributed by atoms with Crippen LogP contribution < -0.4 is 10.9 Å². The third kappa shape index (κ3) is 3.80. The molecule has 0 atom stereocenters. The molecule has 0 aliphatic heterocycles. The van der Waals surface area contributed by atoms with Crippen LogP contribution in [-0.4, -0.2) is 16.8 Å². The van der Waals surface area contributed by atoms with Gasteiger partial charge in [0, 0.05) is 11.8 Å². The Balaban J connectivity index is 1.56. The average Bonchev–Trinajstić information content (AvgIpc) is 3.15. The summed E-state index contributed by atoms with van der Waals surface area (Å²) in [6, 6.07) is 11.1. The van der Waals surface area contributed by atoms with E-state index in [0.29, 0.717) is 17.2 Å². The zero-order valence-electron chi connectivity index (χ0n) is 13.0. The van der Waals surface area contributed by atoms with Crippen LogP contribution in [0.25, 0.3) is 0 Å². The molecule has 2 aromatic rings. The van der Waals surface area contributed by atoms with Crippen LogP contribution in [0.15, 0.2) is 42.6 Å². The second kappa shape index (κ2) is 7.13. The van der Waals surface area contributed by atoms with E-state index in [9.17, 15) is 9.59 Å². The molecule has 0 bridgehead atoms. The molecule has 5 nitrogen and oxygen atoms in total. The van der Waals surface area contributed by atoms with Gasteiger partial charge in [-0.3, -0.25) is 20.4 Å². The maximum atomic E-state index is 12.1. The molecule has 0 radical (unpaired) electrons. The van der Waals surface area contributed by atoms with Gasteiger partial charge in [-0.1, -0.05) is 31.4 Å². The highest BCUT2D eigenvalue weighted by molar-refractivity contribution is 5.98. The van der Waals surface area contributed by atoms with Gasteiger partial charge in [0.05, 0.1) is 0 Å². The largest absolute Gasteiger partial charge is 0.357 e. The van der Waals surface area contributed by atoms with E-state index >= 15 is 0 Å². The molecule has 0 spiro atoms. The Morgan fingerprint density at radius 2 is 1.61 bits per heavy atom. The van der Waals surface area contributed by atoms with Crippen LogP contribution in [0.4, 0.5) is 0 Å². The number of benzene rings is 1. The molecule has 1 aliphatic rings. The fourth-order valence-electron chi connectivity index (χ4n) is 3.07. The molecule has 1 heterocycles. The summed E-state index contributed by atoms with van der Waals surface area (Å²) in [5.41, 5.74) is 7.06. The second-order valence-electron chi connectivity index (χ2n) is 5.95. The van der Waals surface area contributed by atoms with Crippen LogP contribution in [0.5, 0.6) is 0 Å². The number of aromatic nitrogens is 1. The molecule has 120 valence electrons. The Hall–Kier alpha value is -2.56. The van der Waals surface area contributed by atoms with E-state index in [4.69, 9.17) is 0 Å². The first-order valence-electron chi connectivity index (χ1n) is 8.08. The molecule has 3 rings (SSSR count). The van der Waals surface area contributed by atoms with Crippen LogP contribution in [0.3, 0.4) is 0 Å². The van der Waals surface area contributed by atoms with Crippen molar-refractivity contribution in [1.82, 2.24) is 15.8 Å². The van der Waals surface area contributed by atoms with E-state index in [-0.39, 0.29) is 11.8 Å². The highest BCUT2D eigenvalue weighted by Crippen LogP contribution is 2.32. The summed E-state index contributed by atoms with van der Waals surface area (Å²) < 4.78 is 0. The van der Waals surface area contributed by atoms with Gasteiger partial charge in [0.15, 0.2) is 0 Å². The molecule has 1 aliphatic carbocycles. The lowest BCUT2D eigenvalue weighted by Crippen LogP contribution is -2.41. The molecule has 0 unspecified atom stereocenters. The SMILES string of the molecule is O=C(NNC(=O)c1ccc[nH]1)c1ccc(C2CCCCC2)cc1. The minimum absolute atomic E-state index is 0.319. The topological polar surface area (TPSA) is 74.0 Å². The summed E-state index contributed by atoms with van der Waals surface area (Å²) in [4.78, 5) is 26.6. The smallest absolute Gasteiger partial charge is 0.286 e. The van der Waals surface area contributed by atoms with Crippen molar-refractivity contribution in [3.8, 4) is 0 Å². The minimum atomic E-state index is -0.373. The van der Waals surface area contributed by atoms with Gasteiger partial charge in [-0.25, -0.2) is 0 Å². The van der Waals surface area contributed by atoms with Gasteiger partial charge >= 0.3 is 0 Å². The predicted octanol–water partition coefficient (Wildman–Crippen LogP) is 3.14. The van der Waals surface area contributed by atoms with Crippen molar-refractivity contribution in [2.45, 2.75) is 38.0 Å². The Kier molecular flexibility index (Phi) is 4.76. The van der Waals surface area contributed by atoms with Crippen molar-refractivity contribution in [3.05, 3.63) is 59.4 Å². The lowest BCUT2D eigenvalue weighted by Gasteiger charge is -2.22. The molecular formula is C18H21N3O2. The van der Waals surface area contributed by atoms with Gasteiger partial charge in [-0.2, -0.15) is 0 Å². The molecule has 1 aromatic carbocycles. The summed E-state index contributed by atoms with van der Waals surface area (Å²) in [6.07, 6.45) is 8.03. The Bertz CT molecular complexity index is 656. The molecule has 1 aromatic heterocycles. The fraction of sp³-hybridized carbons (Fsp3) is 0.333. The quantitative estimate of drug-likeness (QED) is 0.762. The van der Waals surface area contributed by atoms with E-state index in [0.717, 1.165) is 0 Å². The van der Waals surface area contributed by atoms with Gasteiger partial charge < -0.3 is 4.98 Å². The monoisotopic (exact) mass is 311 g/mol. The maximum Gasteiger partial charge on any atom is 0.286 e. The summed E-state index contributed by atoms with van der Waals surface area (Å²) in [5.74, 6) is -0.0734. The van der Waals surface area contributed by atoms with Gasteiger partial charge in [0.1, 0.15) is 5.69 Å². The summed E-state index contributed by atoms with van der Waals surface area (Å²) >= 11 is 0. The molecule has 2 amide bonds. The van der Waals surface area contributed by atoms with Crippen LogP contribution in [0.1, 0.15) is 64.4 Å². The number of hydrogen-bond acceptors (Lipinski definition) is 2. The van der Waals surface area contributed by atoms with Gasteiger partial charge in [0.25, 0.3) is 11.8 Å². The van der Waals surface area contributed by atoms with Crippen LogP contribution in [0, 0.1) is 0 Å². The number of hydrogen-bond donors (Lipinski definition) is 3. The second-order valence-corrected chi connectivity index (χ2v) is 5.95. The fourth-order valence-corrected chi connectivity index (χ4v) is 3.07. The van der Waals surface area contributed by atoms with Gasteiger partial charge in [0.2, 0.25) is 0 Å². The van der Waals surface area contributed by atoms with Crippen molar-refractivity contribution in [3.63, 3.8) is 0 Å². The van der Waals surface area contributed by atoms with Gasteiger partial charge in [-0.15, -0.1) is 0 Å². The molecule has 1 saturated carbocycles. The van der Waals surface area contributed by atoms with E-state index in [2.05, 4.69) is 15.8 Å². The number of carbonyl (C=O) groups excluding carboxylic acids is 2. The minimum Gasteiger partial charge on any atom is -0.357 e.